The molecule has 1 aliphatic rings. The highest BCUT2D eigenvalue weighted by Crippen LogP contribution is 2.14. The highest BCUT2D eigenvalue weighted by molar-refractivity contribution is 5.78. The van der Waals surface area contributed by atoms with Crippen LogP contribution in [0.5, 0.6) is 0 Å². The van der Waals surface area contributed by atoms with Gasteiger partial charge in [0.1, 0.15) is 0 Å². The maximum absolute atomic E-state index is 12.2. The van der Waals surface area contributed by atoms with Crippen LogP contribution < -0.4 is 0 Å². The maximum atomic E-state index is 12.2. The van der Waals surface area contributed by atoms with Crippen LogP contribution in [0, 0.1) is 6.92 Å². The quantitative estimate of drug-likeness (QED) is 0.819. The van der Waals surface area contributed by atoms with Gasteiger partial charge in [-0.2, -0.15) is 0 Å². The van der Waals surface area contributed by atoms with Crippen molar-refractivity contribution in [1.29, 1.82) is 0 Å². The molecule has 1 amide bonds. The molecule has 3 heteroatoms. The minimum absolute atomic E-state index is 0.232. The molecule has 1 aromatic rings. The fourth-order valence-corrected chi connectivity index (χ4v) is 2.45. The molecule has 0 saturated carbocycles. The van der Waals surface area contributed by atoms with E-state index in [1.807, 2.05) is 17.0 Å². The second-order valence-corrected chi connectivity index (χ2v) is 4.98. The number of hydrogen-bond acceptors (Lipinski definition) is 2. The van der Waals surface area contributed by atoms with Crippen LogP contribution in [-0.4, -0.2) is 37.1 Å². The van der Waals surface area contributed by atoms with E-state index in [0.717, 1.165) is 31.5 Å². The molecule has 1 heterocycles. The lowest BCUT2D eigenvalue weighted by Crippen LogP contribution is -2.41. The summed E-state index contributed by atoms with van der Waals surface area (Å²) in [4.78, 5) is 14.1. The van der Waals surface area contributed by atoms with E-state index in [1.165, 1.54) is 5.56 Å². The van der Waals surface area contributed by atoms with Crippen molar-refractivity contribution in [3.05, 3.63) is 35.4 Å². The molecular formula is C15H21NO2. The number of benzene rings is 1. The van der Waals surface area contributed by atoms with Crippen molar-refractivity contribution < 1.29 is 9.53 Å². The van der Waals surface area contributed by atoms with E-state index in [4.69, 9.17) is 4.74 Å². The van der Waals surface area contributed by atoms with Gasteiger partial charge in [-0.25, -0.2) is 0 Å². The van der Waals surface area contributed by atoms with E-state index in [-0.39, 0.29) is 5.91 Å². The first kappa shape index (κ1) is 13.1. The smallest absolute Gasteiger partial charge is 0.226 e. The van der Waals surface area contributed by atoms with Crippen LogP contribution in [0.4, 0.5) is 0 Å². The molecule has 0 N–H and O–H groups in total. The molecule has 0 bridgehead atoms. The number of amides is 1. The summed E-state index contributed by atoms with van der Waals surface area (Å²) in [5.41, 5.74) is 2.31. The lowest BCUT2D eigenvalue weighted by atomic mass is 10.1. The molecule has 2 rings (SSSR count). The topological polar surface area (TPSA) is 29.5 Å². The number of carbonyl (C=O) groups is 1. The Labute approximate surface area is 109 Å². The first-order valence-electron chi connectivity index (χ1n) is 6.55. The molecule has 0 unspecified atom stereocenters. The molecule has 0 radical (unpaired) electrons. The standard InChI is InChI=1S/C15H21NO2/c1-12-4-3-5-13(10-12)11-15(17)16-8-6-14(18-2)7-9-16/h3-5,10,14H,6-9,11H2,1-2H3. The summed E-state index contributed by atoms with van der Waals surface area (Å²) in [6, 6.07) is 8.17. The fraction of sp³-hybridized carbons (Fsp3) is 0.533. The van der Waals surface area contributed by atoms with E-state index < -0.39 is 0 Å². The van der Waals surface area contributed by atoms with Gasteiger partial charge < -0.3 is 9.64 Å². The van der Waals surface area contributed by atoms with Crippen molar-refractivity contribution in [1.82, 2.24) is 4.90 Å². The normalized spacial score (nSPS) is 16.9. The van der Waals surface area contributed by atoms with Gasteiger partial charge in [-0.05, 0) is 25.3 Å². The number of methoxy groups -OCH3 is 1. The second kappa shape index (κ2) is 6.01. The first-order chi connectivity index (χ1) is 8.69. The van der Waals surface area contributed by atoms with Gasteiger partial charge in [0, 0.05) is 20.2 Å². The van der Waals surface area contributed by atoms with Gasteiger partial charge in [0.15, 0.2) is 0 Å². The molecular weight excluding hydrogens is 226 g/mol. The van der Waals surface area contributed by atoms with Gasteiger partial charge in [-0.3, -0.25) is 4.79 Å². The van der Waals surface area contributed by atoms with Gasteiger partial charge in [0.05, 0.1) is 12.5 Å². The molecule has 1 aromatic carbocycles. The van der Waals surface area contributed by atoms with E-state index in [2.05, 4.69) is 19.1 Å². The van der Waals surface area contributed by atoms with Crippen molar-refractivity contribution in [2.45, 2.75) is 32.3 Å². The van der Waals surface area contributed by atoms with Crippen molar-refractivity contribution in [3.8, 4) is 0 Å². The monoisotopic (exact) mass is 247 g/mol. The molecule has 0 aromatic heterocycles. The zero-order chi connectivity index (χ0) is 13.0. The largest absolute Gasteiger partial charge is 0.381 e. The van der Waals surface area contributed by atoms with Crippen molar-refractivity contribution in [2.24, 2.45) is 0 Å². The number of likely N-dealkylation sites (tertiary alicyclic amines) is 1. The summed E-state index contributed by atoms with van der Waals surface area (Å²) in [5, 5.41) is 0. The molecule has 1 aliphatic heterocycles. The molecule has 0 atom stereocenters. The highest BCUT2D eigenvalue weighted by atomic mass is 16.5. The zero-order valence-corrected chi connectivity index (χ0v) is 11.2. The average Bonchev–Trinajstić information content (AvgIpc) is 2.39. The van der Waals surface area contributed by atoms with Gasteiger partial charge in [-0.1, -0.05) is 29.8 Å². The number of rotatable bonds is 3. The van der Waals surface area contributed by atoms with E-state index in [9.17, 15) is 4.79 Å². The van der Waals surface area contributed by atoms with Gasteiger partial charge in [-0.15, -0.1) is 0 Å². The SMILES string of the molecule is COC1CCN(C(=O)Cc2cccc(C)c2)CC1. The van der Waals surface area contributed by atoms with Crippen LogP contribution in [0.3, 0.4) is 0 Å². The number of carbonyl (C=O) groups excluding carboxylic acids is 1. The van der Waals surface area contributed by atoms with Crippen molar-refractivity contribution in [2.75, 3.05) is 20.2 Å². The van der Waals surface area contributed by atoms with Crippen molar-refractivity contribution in [3.63, 3.8) is 0 Å². The third kappa shape index (κ3) is 3.33. The Morgan fingerprint density at radius 3 is 2.72 bits per heavy atom. The van der Waals surface area contributed by atoms with E-state index in [0.29, 0.717) is 12.5 Å². The summed E-state index contributed by atoms with van der Waals surface area (Å²) in [6.45, 7) is 3.70. The molecule has 1 saturated heterocycles. The van der Waals surface area contributed by atoms with Crippen molar-refractivity contribution >= 4 is 5.91 Å². The number of ether oxygens (including phenoxy) is 1. The Balaban J connectivity index is 1.89. The lowest BCUT2D eigenvalue weighted by molar-refractivity contribution is -0.132. The molecule has 0 spiro atoms. The van der Waals surface area contributed by atoms with Crippen LogP contribution in [0.2, 0.25) is 0 Å². The summed E-state index contributed by atoms with van der Waals surface area (Å²) < 4.78 is 5.32. The fourth-order valence-electron chi connectivity index (χ4n) is 2.45. The summed E-state index contributed by atoms with van der Waals surface area (Å²) in [7, 11) is 1.74. The van der Waals surface area contributed by atoms with Gasteiger partial charge in [0.2, 0.25) is 5.91 Å². The van der Waals surface area contributed by atoms with E-state index in [1.54, 1.807) is 7.11 Å². The lowest BCUT2D eigenvalue weighted by Gasteiger charge is -2.31. The van der Waals surface area contributed by atoms with Crippen LogP contribution in [0.1, 0.15) is 24.0 Å². The van der Waals surface area contributed by atoms with Gasteiger partial charge in [0.25, 0.3) is 0 Å². The van der Waals surface area contributed by atoms with E-state index >= 15 is 0 Å². The predicted molar refractivity (Wildman–Crippen MR) is 71.5 cm³/mol. The highest BCUT2D eigenvalue weighted by Gasteiger charge is 2.22. The second-order valence-electron chi connectivity index (χ2n) is 4.98. The number of aryl methyl sites for hydroxylation is 1. The third-order valence-corrected chi connectivity index (χ3v) is 3.57. The average molecular weight is 247 g/mol. The van der Waals surface area contributed by atoms with Crippen LogP contribution in [0.15, 0.2) is 24.3 Å². The number of piperidine rings is 1. The maximum Gasteiger partial charge on any atom is 0.226 e. The Morgan fingerprint density at radius 2 is 2.11 bits per heavy atom. The van der Waals surface area contributed by atoms with Crippen LogP contribution in [-0.2, 0) is 16.0 Å². The summed E-state index contributed by atoms with van der Waals surface area (Å²) in [5.74, 6) is 0.232. The molecule has 1 fully saturated rings. The number of hydrogen-bond donors (Lipinski definition) is 0. The zero-order valence-electron chi connectivity index (χ0n) is 11.2. The molecule has 0 aliphatic carbocycles. The van der Waals surface area contributed by atoms with Crippen LogP contribution in [0.25, 0.3) is 0 Å². The minimum atomic E-state index is 0.232. The Hall–Kier alpha value is -1.35. The van der Waals surface area contributed by atoms with Crippen LogP contribution >= 0.6 is 0 Å². The summed E-state index contributed by atoms with van der Waals surface area (Å²) >= 11 is 0. The Bertz CT molecular complexity index is 409. The predicted octanol–water partition coefficient (Wildman–Crippen LogP) is 2.17. The Morgan fingerprint density at radius 1 is 1.39 bits per heavy atom. The number of nitrogens with zero attached hydrogens (tertiary/aromatic N) is 1. The van der Waals surface area contributed by atoms with Gasteiger partial charge >= 0.3 is 0 Å². The molecule has 3 nitrogen and oxygen atoms in total. The summed E-state index contributed by atoms with van der Waals surface area (Å²) in [6.07, 6.45) is 2.75. The Kier molecular flexibility index (Phi) is 4.37. The minimum Gasteiger partial charge on any atom is -0.381 e. The third-order valence-electron chi connectivity index (χ3n) is 3.57. The molecule has 18 heavy (non-hydrogen) atoms. The molecule has 98 valence electrons. The first-order valence-corrected chi connectivity index (χ1v) is 6.55.